The molecule has 0 unspecified atom stereocenters. The van der Waals surface area contributed by atoms with Crippen LogP contribution in [-0.2, 0) is 28.4 Å². The molecule has 2 aromatic rings. The lowest BCUT2D eigenvalue weighted by Crippen LogP contribution is -2.64. The monoisotopic (exact) mass is 897 g/mol. The zero-order valence-electron chi connectivity index (χ0n) is 39.7. The van der Waals surface area contributed by atoms with Crippen LogP contribution >= 0.6 is 0 Å². The first-order valence-electron chi connectivity index (χ1n) is 24.2. The molecule has 0 radical (unpaired) electrons. The number of carbonyl (C=O) groups is 2. The van der Waals surface area contributed by atoms with Crippen LogP contribution in [0.5, 0.6) is 0 Å². The van der Waals surface area contributed by atoms with Gasteiger partial charge in [-0.25, -0.2) is 19.3 Å². The fraction of sp³-hybridized carbons (Fsp3) is 0.796. The van der Waals surface area contributed by atoms with Gasteiger partial charge in [0.2, 0.25) is 11.7 Å². The lowest BCUT2D eigenvalue weighted by atomic mass is 9.72. The van der Waals surface area contributed by atoms with Gasteiger partial charge in [-0.15, -0.1) is 0 Å². The lowest BCUT2D eigenvalue weighted by Gasteiger charge is -2.55. The van der Waals surface area contributed by atoms with E-state index in [0.717, 1.165) is 12.8 Å². The van der Waals surface area contributed by atoms with Crippen LogP contribution in [0.1, 0.15) is 138 Å². The van der Waals surface area contributed by atoms with E-state index in [1.165, 1.54) is 34.2 Å². The Balaban J connectivity index is 1.10. The minimum atomic E-state index is -1.45. The van der Waals surface area contributed by atoms with Gasteiger partial charge in [-0.05, 0) is 95.6 Å². The second kappa shape index (κ2) is 19.3. The van der Waals surface area contributed by atoms with Crippen molar-refractivity contribution in [1.29, 1.82) is 0 Å². The van der Waals surface area contributed by atoms with Crippen molar-refractivity contribution >= 4 is 12.0 Å². The van der Waals surface area contributed by atoms with Gasteiger partial charge in [0, 0.05) is 54.9 Å². The Morgan fingerprint density at radius 3 is 2.19 bits per heavy atom. The Kier molecular flexibility index (Phi) is 14.7. The molecule has 4 fully saturated rings. The fourth-order valence-corrected chi connectivity index (χ4v) is 11.9. The van der Waals surface area contributed by atoms with E-state index in [0.29, 0.717) is 51.4 Å². The predicted molar refractivity (Wildman–Crippen MR) is 237 cm³/mol. The highest BCUT2D eigenvalue weighted by Crippen LogP contribution is 2.55. The normalized spacial score (nSPS) is 40.7. The van der Waals surface area contributed by atoms with Gasteiger partial charge in [0.1, 0.15) is 12.7 Å². The number of aromatic nitrogens is 4. The van der Waals surface area contributed by atoms with Gasteiger partial charge in [0.05, 0.1) is 59.8 Å². The molecular weight excluding hydrogens is 821 g/mol. The quantitative estimate of drug-likeness (QED) is 0.170. The van der Waals surface area contributed by atoms with Crippen molar-refractivity contribution < 1.29 is 53.3 Å². The molecule has 0 aliphatic carbocycles. The highest BCUT2D eigenvalue weighted by Gasteiger charge is 2.64. The SMILES string of the molecule is CC[C@@H]([C@H](O)[C@@H](C)[C@@H](O)[C@H](C)[C@@H]1O[C@@H]([C@@H](CC)C(=O)n2ccnc2)CC[C@@H]1C)[C@H]1O[C@]2(C=C[C@@H](OC(=O)n3ccnc3)[C@]3(CC[C@@](C)([C@H]4CC[C@](O)(CC)[C@H](C)O4)O3)O2)[C@H](C)C[C@@H]1C. The van der Waals surface area contributed by atoms with Gasteiger partial charge in [-0.2, -0.15) is 0 Å². The summed E-state index contributed by atoms with van der Waals surface area (Å²) in [6.07, 6.45) is 13.8. The molecule has 7 rings (SSSR count). The van der Waals surface area contributed by atoms with Crippen molar-refractivity contribution in [1.82, 2.24) is 19.1 Å². The van der Waals surface area contributed by atoms with E-state index < -0.39 is 65.3 Å². The number of hydrogen-bond donors (Lipinski definition) is 3. The number of aliphatic hydroxyl groups excluding tert-OH is 2. The van der Waals surface area contributed by atoms with Gasteiger partial charge < -0.3 is 43.7 Å². The smallest absolute Gasteiger partial charge is 0.420 e. The summed E-state index contributed by atoms with van der Waals surface area (Å²) in [5.74, 6) is -4.36. The second-order valence-corrected chi connectivity index (χ2v) is 20.4. The molecule has 5 aliphatic rings. The standard InChI is InChI=1S/C49H76N4O11/c1-11-35(44(56)52-24-22-50-27-52)37-15-14-29(4)42(60-37)33(8)40(54)32(7)41(55)36(12-2)43-30(5)26-31(6)48(62-43)19-17-39(61-45(57)53-25-23-51-28-53)49(64-48)21-20-46(10,63-49)38-16-18-47(58,13-3)34(9)59-38/h17,19,22-25,27-43,54-55,58H,11-16,18,20-21,26H2,1-10H3/t29-,30-,31+,32-,33-,34-,35+,36-,37+,38+,39+,40+,41+,42+,43-,46-,47+,48-,49-/m0/s1. The molecule has 358 valence electrons. The summed E-state index contributed by atoms with van der Waals surface area (Å²) in [5, 5.41) is 35.7. The van der Waals surface area contributed by atoms with Crippen molar-refractivity contribution in [3.05, 3.63) is 49.6 Å². The number of hydrogen-bond acceptors (Lipinski definition) is 13. The summed E-state index contributed by atoms with van der Waals surface area (Å²) < 4.78 is 43.8. The minimum absolute atomic E-state index is 0.0254. The van der Waals surface area contributed by atoms with Crippen LogP contribution < -0.4 is 0 Å². The van der Waals surface area contributed by atoms with Crippen LogP contribution in [0.4, 0.5) is 4.79 Å². The topological polar surface area (TPSA) is 186 Å². The molecule has 5 aliphatic heterocycles. The highest BCUT2D eigenvalue weighted by atomic mass is 16.8. The van der Waals surface area contributed by atoms with Crippen LogP contribution in [0, 0.1) is 41.4 Å². The van der Waals surface area contributed by atoms with Crippen molar-refractivity contribution in [3.63, 3.8) is 0 Å². The summed E-state index contributed by atoms with van der Waals surface area (Å²) in [6.45, 7) is 20.2. The molecule has 15 heteroatoms. The average Bonchev–Trinajstić information content (AvgIpc) is 4.09. The van der Waals surface area contributed by atoms with Crippen LogP contribution in [0.3, 0.4) is 0 Å². The zero-order valence-corrected chi connectivity index (χ0v) is 39.7. The van der Waals surface area contributed by atoms with Gasteiger partial charge in [0.25, 0.3) is 0 Å². The molecule has 4 saturated heterocycles. The van der Waals surface area contributed by atoms with Crippen LogP contribution in [0.25, 0.3) is 0 Å². The molecule has 0 saturated carbocycles. The Morgan fingerprint density at radius 1 is 0.859 bits per heavy atom. The van der Waals surface area contributed by atoms with Gasteiger partial charge >= 0.3 is 6.09 Å². The highest BCUT2D eigenvalue weighted by molar-refractivity contribution is 5.81. The Morgan fingerprint density at radius 2 is 1.56 bits per heavy atom. The minimum Gasteiger partial charge on any atom is -0.436 e. The summed E-state index contributed by atoms with van der Waals surface area (Å²) >= 11 is 0. The van der Waals surface area contributed by atoms with Gasteiger partial charge in [-0.1, -0.05) is 55.4 Å². The zero-order chi connectivity index (χ0) is 46.4. The summed E-state index contributed by atoms with van der Waals surface area (Å²) in [4.78, 5) is 35.0. The predicted octanol–water partition coefficient (Wildman–Crippen LogP) is 7.32. The molecule has 0 bridgehead atoms. The van der Waals surface area contributed by atoms with Crippen molar-refractivity contribution in [2.75, 3.05) is 0 Å². The molecule has 0 aromatic carbocycles. The largest absolute Gasteiger partial charge is 0.436 e. The maximum absolute atomic E-state index is 13.5. The first kappa shape index (κ1) is 48.9. The number of imidazole rings is 2. The number of nitrogens with zero attached hydrogens (tertiary/aromatic N) is 4. The summed E-state index contributed by atoms with van der Waals surface area (Å²) in [5.41, 5.74) is -1.76. The summed E-state index contributed by atoms with van der Waals surface area (Å²) in [7, 11) is 0. The third kappa shape index (κ3) is 9.18. The Bertz CT molecular complexity index is 1900. The van der Waals surface area contributed by atoms with E-state index in [4.69, 9.17) is 28.4 Å². The van der Waals surface area contributed by atoms with Gasteiger partial charge in [0.15, 0.2) is 11.9 Å². The van der Waals surface area contributed by atoms with E-state index in [-0.39, 0.29) is 59.7 Å². The molecule has 19 atom stereocenters. The first-order chi connectivity index (χ1) is 30.3. The third-order valence-corrected chi connectivity index (χ3v) is 16.4. The molecule has 64 heavy (non-hydrogen) atoms. The lowest BCUT2D eigenvalue weighted by molar-refractivity contribution is -0.410. The van der Waals surface area contributed by atoms with Crippen LogP contribution in [-0.4, -0.2) is 118 Å². The van der Waals surface area contributed by atoms with E-state index in [1.54, 1.807) is 12.4 Å². The third-order valence-electron chi connectivity index (χ3n) is 16.4. The molecular formula is C49H76N4O11. The molecule has 2 aromatic heterocycles. The van der Waals surface area contributed by atoms with Crippen LogP contribution in [0.2, 0.25) is 0 Å². The molecule has 15 nitrogen and oxygen atoms in total. The van der Waals surface area contributed by atoms with Crippen molar-refractivity contribution in [3.8, 4) is 0 Å². The molecule has 7 heterocycles. The second-order valence-electron chi connectivity index (χ2n) is 20.4. The summed E-state index contributed by atoms with van der Waals surface area (Å²) in [6, 6.07) is 0. The van der Waals surface area contributed by atoms with Gasteiger partial charge in [-0.3, -0.25) is 9.36 Å². The van der Waals surface area contributed by atoms with Crippen LogP contribution in [0.15, 0.2) is 49.6 Å². The Labute approximate surface area is 379 Å². The fourth-order valence-electron chi connectivity index (χ4n) is 11.9. The van der Waals surface area contributed by atoms with Crippen molar-refractivity contribution in [2.24, 2.45) is 41.4 Å². The van der Waals surface area contributed by atoms with E-state index in [1.807, 2.05) is 60.6 Å². The Hall–Kier alpha value is -3.02. The van der Waals surface area contributed by atoms with E-state index in [2.05, 4.69) is 30.7 Å². The molecule has 0 amide bonds. The number of rotatable bonds is 13. The molecule has 3 N–H and O–H groups in total. The molecule has 2 spiro atoms. The maximum atomic E-state index is 13.5. The number of ether oxygens (including phenoxy) is 6. The number of aliphatic hydroxyl groups is 3. The maximum Gasteiger partial charge on any atom is 0.420 e. The first-order valence-corrected chi connectivity index (χ1v) is 24.2. The van der Waals surface area contributed by atoms with Crippen molar-refractivity contribution in [2.45, 2.75) is 205 Å². The average molecular weight is 897 g/mol. The number of carbonyl (C=O) groups excluding carboxylic acids is 2. The van der Waals surface area contributed by atoms with E-state index in [9.17, 15) is 24.9 Å². The van der Waals surface area contributed by atoms with E-state index >= 15 is 0 Å².